The Morgan fingerprint density at radius 1 is 1.56 bits per heavy atom. The molecule has 1 rings (SSSR count). The number of carbonyl (C=O) groups is 2. The average molecular weight is 243 g/mol. The molecule has 1 amide bonds. The first-order valence-corrected chi connectivity index (χ1v) is 4.98. The van der Waals surface area contributed by atoms with Gasteiger partial charge in [0.2, 0.25) is 0 Å². The van der Waals surface area contributed by atoms with Crippen LogP contribution in [0.1, 0.15) is 16.8 Å². The van der Waals surface area contributed by atoms with Crippen LogP contribution in [0.15, 0.2) is 18.3 Å². The van der Waals surface area contributed by atoms with E-state index in [9.17, 15) is 9.59 Å². The Morgan fingerprint density at radius 2 is 2.31 bits per heavy atom. The van der Waals surface area contributed by atoms with E-state index in [2.05, 4.69) is 15.0 Å². The molecule has 0 saturated carbocycles. The first kappa shape index (κ1) is 12.4. The number of esters is 1. The van der Waals surface area contributed by atoms with Gasteiger partial charge < -0.3 is 10.1 Å². The lowest BCUT2D eigenvalue weighted by Crippen LogP contribution is -2.26. The van der Waals surface area contributed by atoms with E-state index < -0.39 is 0 Å². The number of hydrogen-bond acceptors (Lipinski definition) is 4. The number of ether oxygens (including phenoxy) is 1. The van der Waals surface area contributed by atoms with E-state index in [0.717, 1.165) is 0 Å². The number of hydrogen-bond donors (Lipinski definition) is 1. The van der Waals surface area contributed by atoms with Crippen molar-refractivity contribution in [1.82, 2.24) is 10.3 Å². The summed E-state index contributed by atoms with van der Waals surface area (Å²) in [4.78, 5) is 26.1. The van der Waals surface area contributed by atoms with Crippen LogP contribution in [-0.4, -0.2) is 30.5 Å². The highest BCUT2D eigenvalue weighted by molar-refractivity contribution is 6.29. The van der Waals surface area contributed by atoms with E-state index in [0.29, 0.717) is 5.56 Å². The lowest BCUT2D eigenvalue weighted by molar-refractivity contribution is -0.140. The maximum absolute atomic E-state index is 11.5. The topological polar surface area (TPSA) is 68.3 Å². The molecular weight excluding hydrogens is 232 g/mol. The fourth-order valence-electron chi connectivity index (χ4n) is 1.03. The van der Waals surface area contributed by atoms with Crippen LogP contribution in [-0.2, 0) is 9.53 Å². The summed E-state index contributed by atoms with van der Waals surface area (Å²) in [6.45, 7) is 0.228. The van der Waals surface area contributed by atoms with Gasteiger partial charge in [0.05, 0.1) is 13.5 Å². The lowest BCUT2D eigenvalue weighted by atomic mass is 10.2. The number of carbonyl (C=O) groups excluding carboxylic acids is 2. The molecule has 0 bridgehead atoms. The Morgan fingerprint density at radius 3 is 2.94 bits per heavy atom. The van der Waals surface area contributed by atoms with Crippen LogP contribution < -0.4 is 5.32 Å². The molecule has 0 saturated heterocycles. The number of rotatable bonds is 4. The molecule has 0 aromatic carbocycles. The van der Waals surface area contributed by atoms with E-state index in [1.165, 1.54) is 19.4 Å². The molecule has 1 heterocycles. The average Bonchev–Trinajstić information content (AvgIpc) is 2.28. The summed E-state index contributed by atoms with van der Waals surface area (Å²) in [5.74, 6) is -0.665. The van der Waals surface area contributed by atoms with Gasteiger partial charge in [-0.25, -0.2) is 4.98 Å². The molecule has 1 aromatic rings. The number of amides is 1. The molecule has 86 valence electrons. The summed E-state index contributed by atoms with van der Waals surface area (Å²) < 4.78 is 4.44. The number of nitrogens with zero attached hydrogens (tertiary/aromatic N) is 1. The monoisotopic (exact) mass is 242 g/mol. The van der Waals surface area contributed by atoms with E-state index in [1.807, 2.05) is 0 Å². The van der Waals surface area contributed by atoms with Gasteiger partial charge in [0.15, 0.2) is 0 Å². The summed E-state index contributed by atoms with van der Waals surface area (Å²) in [7, 11) is 1.30. The second-order valence-electron chi connectivity index (χ2n) is 2.95. The van der Waals surface area contributed by atoms with Gasteiger partial charge in [-0.1, -0.05) is 11.6 Å². The highest BCUT2D eigenvalue weighted by atomic mass is 35.5. The zero-order chi connectivity index (χ0) is 12.0. The third kappa shape index (κ3) is 3.86. The molecule has 0 spiro atoms. The SMILES string of the molecule is COC(=O)CCNC(=O)c1ccnc(Cl)c1. The van der Waals surface area contributed by atoms with Gasteiger partial charge in [0.25, 0.3) is 5.91 Å². The Kier molecular flexibility index (Phi) is 4.72. The molecular formula is C10H11ClN2O3. The number of aromatic nitrogens is 1. The highest BCUT2D eigenvalue weighted by Crippen LogP contribution is 2.06. The maximum Gasteiger partial charge on any atom is 0.307 e. The Hall–Kier alpha value is -1.62. The van der Waals surface area contributed by atoms with Gasteiger partial charge in [-0.15, -0.1) is 0 Å². The van der Waals surface area contributed by atoms with Crippen LogP contribution in [0.5, 0.6) is 0 Å². The van der Waals surface area contributed by atoms with Crippen molar-refractivity contribution >= 4 is 23.5 Å². The molecule has 0 radical (unpaired) electrons. The van der Waals surface area contributed by atoms with Gasteiger partial charge in [0, 0.05) is 18.3 Å². The molecule has 0 aliphatic heterocycles. The number of nitrogens with one attached hydrogen (secondary N) is 1. The number of halogens is 1. The Balaban J connectivity index is 2.44. The predicted octanol–water partition coefficient (Wildman–Crippen LogP) is 1.03. The maximum atomic E-state index is 11.5. The zero-order valence-electron chi connectivity index (χ0n) is 8.70. The molecule has 1 aromatic heterocycles. The zero-order valence-corrected chi connectivity index (χ0v) is 9.45. The van der Waals surface area contributed by atoms with Crippen molar-refractivity contribution in [1.29, 1.82) is 0 Å². The second-order valence-corrected chi connectivity index (χ2v) is 3.34. The Bertz CT molecular complexity index is 395. The molecule has 1 N–H and O–H groups in total. The van der Waals surface area contributed by atoms with Gasteiger partial charge in [-0.2, -0.15) is 0 Å². The minimum absolute atomic E-state index is 0.140. The molecule has 0 atom stereocenters. The number of pyridine rings is 1. The Labute approximate surface area is 97.8 Å². The van der Waals surface area contributed by atoms with Crippen LogP contribution in [0.4, 0.5) is 0 Å². The predicted molar refractivity (Wildman–Crippen MR) is 58.2 cm³/mol. The van der Waals surface area contributed by atoms with Crippen molar-refractivity contribution < 1.29 is 14.3 Å². The second kappa shape index (κ2) is 6.07. The van der Waals surface area contributed by atoms with Crippen molar-refractivity contribution in [2.45, 2.75) is 6.42 Å². The fraction of sp³-hybridized carbons (Fsp3) is 0.300. The summed E-state index contributed by atoms with van der Waals surface area (Å²) in [6.07, 6.45) is 1.58. The van der Waals surface area contributed by atoms with Crippen LogP contribution in [0.2, 0.25) is 5.15 Å². The van der Waals surface area contributed by atoms with Gasteiger partial charge >= 0.3 is 5.97 Å². The highest BCUT2D eigenvalue weighted by Gasteiger charge is 2.07. The third-order valence-electron chi connectivity index (χ3n) is 1.83. The molecule has 0 aliphatic carbocycles. The normalized spacial score (nSPS) is 9.62. The smallest absolute Gasteiger partial charge is 0.307 e. The van der Waals surface area contributed by atoms with Gasteiger partial charge in [0.1, 0.15) is 5.15 Å². The van der Waals surface area contributed by atoms with Crippen molar-refractivity contribution in [3.63, 3.8) is 0 Å². The first-order chi connectivity index (χ1) is 7.63. The van der Waals surface area contributed by atoms with Crippen molar-refractivity contribution in [3.8, 4) is 0 Å². The summed E-state index contributed by atoms with van der Waals surface area (Å²) >= 11 is 5.63. The molecule has 16 heavy (non-hydrogen) atoms. The van der Waals surface area contributed by atoms with E-state index in [-0.39, 0.29) is 30.0 Å². The molecule has 0 aliphatic rings. The minimum atomic E-state index is -0.368. The lowest BCUT2D eigenvalue weighted by Gasteiger charge is -2.04. The fourth-order valence-corrected chi connectivity index (χ4v) is 1.20. The van der Waals surface area contributed by atoms with Gasteiger partial charge in [-0.05, 0) is 12.1 Å². The molecule has 6 heteroatoms. The van der Waals surface area contributed by atoms with Crippen LogP contribution >= 0.6 is 11.6 Å². The quantitative estimate of drug-likeness (QED) is 0.633. The summed E-state index contributed by atoms with van der Waals surface area (Å²) in [5.41, 5.74) is 0.407. The molecule has 5 nitrogen and oxygen atoms in total. The molecule has 0 fully saturated rings. The summed E-state index contributed by atoms with van der Waals surface area (Å²) in [5, 5.41) is 2.82. The largest absolute Gasteiger partial charge is 0.469 e. The number of methoxy groups -OCH3 is 1. The van der Waals surface area contributed by atoms with Crippen molar-refractivity contribution in [2.24, 2.45) is 0 Å². The van der Waals surface area contributed by atoms with Gasteiger partial charge in [-0.3, -0.25) is 9.59 Å². The van der Waals surface area contributed by atoms with E-state index in [1.54, 1.807) is 6.07 Å². The van der Waals surface area contributed by atoms with Crippen LogP contribution in [0.3, 0.4) is 0 Å². The van der Waals surface area contributed by atoms with Crippen LogP contribution in [0, 0.1) is 0 Å². The van der Waals surface area contributed by atoms with Crippen LogP contribution in [0.25, 0.3) is 0 Å². The van der Waals surface area contributed by atoms with E-state index in [4.69, 9.17) is 11.6 Å². The van der Waals surface area contributed by atoms with Crippen molar-refractivity contribution in [2.75, 3.05) is 13.7 Å². The summed E-state index contributed by atoms with van der Waals surface area (Å²) in [6, 6.07) is 2.99. The molecule has 0 unspecified atom stereocenters. The third-order valence-corrected chi connectivity index (χ3v) is 2.04. The first-order valence-electron chi connectivity index (χ1n) is 4.60. The van der Waals surface area contributed by atoms with E-state index >= 15 is 0 Å². The standard InChI is InChI=1S/C10H11ClN2O3/c1-16-9(14)3-5-13-10(15)7-2-4-12-8(11)6-7/h2,4,6H,3,5H2,1H3,(H,13,15). The van der Waals surface area contributed by atoms with Crippen molar-refractivity contribution in [3.05, 3.63) is 29.0 Å². The minimum Gasteiger partial charge on any atom is -0.469 e.